The Labute approximate surface area is 189 Å². The molecule has 3 aliphatic rings. The number of para-hydroxylation sites is 2. The second-order valence-corrected chi connectivity index (χ2v) is 9.36. The minimum atomic E-state index is -0.339. The Balaban J connectivity index is 1.42. The van der Waals surface area contributed by atoms with Crippen LogP contribution in [0.3, 0.4) is 0 Å². The molecule has 0 N–H and O–H groups in total. The Morgan fingerprint density at radius 2 is 1.66 bits per heavy atom. The molecule has 0 bridgehead atoms. The molecule has 0 atom stereocenters. The normalized spacial score (nSPS) is 17.5. The number of amides is 1. The van der Waals surface area contributed by atoms with Crippen LogP contribution in [0, 0.1) is 0 Å². The van der Waals surface area contributed by atoms with Crippen LogP contribution in [0.1, 0.15) is 66.1 Å². The summed E-state index contributed by atoms with van der Waals surface area (Å²) >= 11 is 0. The lowest BCUT2D eigenvalue weighted by Crippen LogP contribution is -2.42. The van der Waals surface area contributed by atoms with Gasteiger partial charge in [0.2, 0.25) is 5.91 Å². The number of aromatic nitrogens is 2. The Hall–Kier alpha value is -3.08. The molecule has 2 aromatic carbocycles. The predicted molar refractivity (Wildman–Crippen MR) is 123 cm³/mol. The molecule has 32 heavy (non-hydrogen) atoms. The van der Waals surface area contributed by atoms with Crippen molar-refractivity contribution in [3.05, 3.63) is 76.6 Å². The highest BCUT2D eigenvalue weighted by atomic mass is 16.5. The third-order valence-electron chi connectivity index (χ3n) is 7.49. The monoisotopic (exact) mass is 427 g/mol. The van der Waals surface area contributed by atoms with E-state index in [0.717, 1.165) is 54.0 Å². The average Bonchev–Trinajstić information content (AvgIpc) is 3.56. The van der Waals surface area contributed by atoms with Gasteiger partial charge in [-0.2, -0.15) is 5.10 Å². The first-order valence-electron chi connectivity index (χ1n) is 11.9. The van der Waals surface area contributed by atoms with E-state index in [-0.39, 0.29) is 17.9 Å². The van der Waals surface area contributed by atoms with Gasteiger partial charge in [-0.05, 0) is 49.8 Å². The quantitative estimate of drug-likeness (QED) is 0.581. The molecule has 1 amide bonds. The van der Waals surface area contributed by atoms with E-state index in [4.69, 9.17) is 9.84 Å². The molecule has 1 saturated carbocycles. The van der Waals surface area contributed by atoms with Crippen molar-refractivity contribution < 1.29 is 9.53 Å². The fraction of sp³-hybridized carbons (Fsp3) is 0.407. The molecule has 1 fully saturated rings. The van der Waals surface area contributed by atoms with Gasteiger partial charge in [-0.3, -0.25) is 9.48 Å². The molecule has 3 aromatic rings. The van der Waals surface area contributed by atoms with Crippen LogP contribution in [0.25, 0.3) is 0 Å². The number of hydrogen-bond donors (Lipinski definition) is 0. The van der Waals surface area contributed by atoms with Crippen molar-refractivity contribution in [3.8, 4) is 11.5 Å². The molecule has 164 valence electrons. The standard InChI is InChI=1S/C27H29N3O2/c1-29-23-14-8-13-19(23)22(28-29)17-30(18-9-2-3-10-18)27(31)26-20-11-4-6-15-24(20)32-25-16-7-5-12-21(25)26/h4-7,11-12,15-16,18,26H,2-3,8-10,13-14,17H2,1H3. The van der Waals surface area contributed by atoms with Crippen molar-refractivity contribution in [3.63, 3.8) is 0 Å². The first kappa shape index (κ1) is 19.6. The van der Waals surface area contributed by atoms with E-state index in [0.29, 0.717) is 6.54 Å². The highest BCUT2D eigenvalue weighted by Gasteiger charge is 2.39. The van der Waals surface area contributed by atoms with Gasteiger partial charge in [0.15, 0.2) is 0 Å². The zero-order valence-corrected chi connectivity index (χ0v) is 18.6. The number of hydrogen-bond acceptors (Lipinski definition) is 3. The van der Waals surface area contributed by atoms with Crippen molar-refractivity contribution in [1.29, 1.82) is 0 Å². The molecular formula is C27H29N3O2. The zero-order valence-electron chi connectivity index (χ0n) is 18.6. The maximum absolute atomic E-state index is 14.4. The Morgan fingerprint density at radius 3 is 2.34 bits per heavy atom. The van der Waals surface area contributed by atoms with Gasteiger partial charge in [-0.1, -0.05) is 49.2 Å². The summed E-state index contributed by atoms with van der Waals surface area (Å²) in [6.07, 6.45) is 7.89. The van der Waals surface area contributed by atoms with Crippen molar-refractivity contribution in [2.75, 3.05) is 0 Å². The maximum atomic E-state index is 14.4. The fourth-order valence-corrected chi connectivity index (χ4v) is 5.93. The van der Waals surface area contributed by atoms with Crippen LogP contribution in [0.5, 0.6) is 11.5 Å². The number of carbonyl (C=O) groups excluding carboxylic acids is 1. The molecular weight excluding hydrogens is 398 g/mol. The van der Waals surface area contributed by atoms with Gasteiger partial charge in [-0.15, -0.1) is 0 Å². The third kappa shape index (κ3) is 3.14. The summed E-state index contributed by atoms with van der Waals surface area (Å²) in [6, 6.07) is 16.3. The van der Waals surface area contributed by atoms with Crippen LogP contribution < -0.4 is 4.74 Å². The van der Waals surface area contributed by atoms with Crippen LogP contribution in [0.15, 0.2) is 48.5 Å². The number of aryl methyl sites for hydroxylation is 1. The van der Waals surface area contributed by atoms with E-state index in [1.807, 2.05) is 60.3 Å². The predicted octanol–water partition coefficient (Wildman–Crippen LogP) is 5.12. The Morgan fingerprint density at radius 1 is 1.00 bits per heavy atom. The molecule has 0 unspecified atom stereocenters. The van der Waals surface area contributed by atoms with Gasteiger partial charge in [-0.25, -0.2) is 0 Å². The molecule has 2 aliphatic carbocycles. The van der Waals surface area contributed by atoms with E-state index >= 15 is 0 Å². The number of fused-ring (bicyclic) bond motifs is 3. The molecule has 2 heterocycles. The van der Waals surface area contributed by atoms with Crippen molar-refractivity contribution in [2.45, 2.75) is 63.5 Å². The smallest absolute Gasteiger partial charge is 0.235 e. The van der Waals surface area contributed by atoms with Crippen molar-refractivity contribution in [2.24, 2.45) is 7.05 Å². The molecule has 6 rings (SSSR count). The summed E-state index contributed by atoms with van der Waals surface area (Å²) in [4.78, 5) is 16.5. The first-order chi connectivity index (χ1) is 15.7. The molecule has 5 nitrogen and oxygen atoms in total. The Kier molecular flexibility index (Phi) is 4.78. The summed E-state index contributed by atoms with van der Waals surface area (Å²) in [6.45, 7) is 0.606. The topological polar surface area (TPSA) is 47.4 Å². The van der Waals surface area contributed by atoms with E-state index in [1.165, 1.54) is 30.5 Å². The van der Waals surface area contributed by atoms with Gasteiger partial charge in [0, 0.05) is 29.9 Å². The first-order valence-corrected chi connectivity index (χ1v) is 11.9. The van der Waals surface area contributed by atoms with Gasteiger partial charge < -0.3 is 9.64 Å². The van der Waals surface area contributed by atoms with Crippen molar-refractivity contribution >= 4 is 5.91 Å². The van der Waals surface area contributed by atoms with Gasteiger partial charge in [0.1, 0.15) is 11.5 Å². The number of rotatable bonds is 4. The van der Waals surface area contributed by atoms with E-state index in [1.54, 1.807) is 0 Å². The van der Waals surface area contributed by atoms with Crippen LogP contribution >= 0.6 is 0 Å². The lowest BCUT2D eigenvalue weighted by atomic mass is 9.86. The second kappa shape index (κ2) is 7.80. The third-order valence-corrected chi connectivity index (χ3v) is 7.49. The zero-order chi connectivity index (χ0) is 21.7. The summed E-state index contributed by atoms with van der Waals surface area (Å²) < 4.78 is 8.19. The number of carbonyl (C=O) groups is 1. The Bertz CT molecular complexity index is 1130. The SMILES string of the molecule is Cn1nc(CN(C(=O)C2c3ccccc3Oc3ccccc32)C2CCCC2)c2c1CCC2. The minimum Gasteiger partial charge on any atom is -0.457 e. The molecule has 5 heteroatoms. The van der Waals surface area contributed by atoms with Gasteiger partial charge >= 0.3 is 0 Å². The average molecular weight is 428 g/mol. The fourth-order valence-electron chi connectivity index (χ4n) is 5.93. The lowest BCUT2D eigenvalue weighted by molar-refractivity contribution is -0.135. The largest absolute Gasteiger partial charge is 0.457 e. The van der Waals surface area contributed by atoms with E-state index in [9.17, 15) is 4.79 Å². The summed E-state index contributed by atoms with van der Waals surface area (Å²) in [5.41, 5.74) is 5.74. The van der Waals surface area contributed by atoms with E-state index < -0.39 is 0 Å². The molecule has 0 saturated heterocycles. The van der Waals surface area contributed by atoms with Crippen LogP contribution in [0.4, 0.5) is 0 Å². The summed E-state index contributed by atoms with van der Waals surface area (Å²) in [7, 11) is 2.04. The van der Waals surface area contributed by atoms with Gasteiger partial charge in [0.05, 0.1) is 18.2 Å². The maximum Gasteiger partial charge on any atom is 0.235 e. The molecule has 1 aromatic heterocycles. The van der Waals surface area contributed by atoms with Crippen LogP contribution in [-0.2, 0) is 31.2 Å². The number of nitrogens with zero attached hydrogens (tertiary/aromatic N) is 3. The van der Waals surface area contributed by atoms with Gasteiger partial charge in [0.25, 0.3) is 0 Å². The molecule has 0 spiro atoms. The highest BCUT2D eigenvalue weighted by Crippen LogP contribution is 2.45. The van der Waals surface area contributed by atoms with Crippen LogP contribution in [-0.4, -0.2) is 26.6 Å². The van der Waals surface area contributed by atoms with E-state index in [2.05, 4.69) is 4.90 Å². The summed E-state index contributed by atoms with van der Waals surface area (Å²) in [5, 5.41) is 4.86. The highest BCUT2D eigenvalue weighted by molar-refractivity contribution is 5.90. The van der Waals surface area contributed by atoms with Crippen molar-refractivity contribution in [1.82, 2.24) is 14.7 Å². The van der Waals surface area contributed by atoms with Crippen LogP contribution in [0.2, 0.25) is 0 Å². The number of benzene rings is 2. The number of ether oxygens (including phenoxy) is 1. The lowest BCUT2D eigenvalue weighted by Gasteiger charge is -2.35. The minimum absolute atomic E-state index is 0.178. The molecule has 1 aliphatic heterocycles. The second-order valence-electron chi connectivity index (χ2n) is 9.36. The summed E-state index contributed by atoms with van der Waals surface area (Å²) in [5.74, 6) is 1.41. The molecule has 0 radical (unpaired) electrons.